The fraction of sp³-hybridized carbons (Fsp3) is 0.225. The number of carboxylic acid groups (broad SMARTS) is 1. The molecule has 0 spiro atoms. The van der Waals surface area contributed by atoms with E-state index in [2.05, 4.69) is 5.32 Å². The van der Waals surface area contributed by atoms with E-state index in [0.717, 1.165) is 33.0 Å². The van der Waals surface area contributed by atoms with E-state index in [1.807, 2.05) is 133 Å². The Kier molecular flexibility index (Phi) is 11.4. The van der Waals surface area contributed by atoms with E-state index in [4.69, 9.17) is 4.74 Å². The Bertz CT molecular complexity index is 1760. The van der Waals surface area contributed by atoms with Gasteiger partial charge in [-0.2, -0.15) is 0 Å². The van der Waals surface area contributed by atoms with Gasteiger partial charge in [-0.25, -0.2) is 9.59 Å². The lowest BCUT2D eigenvalue weighted by molar-refractivity contribution is -0.150. The largest absolute Gasteiger partial charge is 0.480 e. The number of amides is 2. The second-order valence-corrected chi connectivity index (χ2v) is 11.9. The summed E-state index contributed by atoms with van der Waals surface area (Å²) >= 11 is 0. The number of benzene rings is 5. The Labute approximate surface area is 275 Å². The second kappa shape index (κ2) is 16.2. The molecular formula is C40H40N2O5. The number of hydrogen-bond acceptors (Lipinski definition) is 4. The monoisotopic (exact) mass is 628 g/mol. The van der Waals surface area contributed by atoms with Crippen molar-refractivity contribution < 1.29 is 24.2 Å². The standard InChI is InChI=1S/C40H40N2O5/c1-42(27-35(22-21-29-13-5-2-6-14-29)39(45)47-28-31-17-9-4-10-18-31)40(46)41-37(38(43)44)36(25-30-15-7-3-8-16-30)34-24-23-32-19-11-12-20-33(32)26-34/h2-20,23-24,26,35-37H,21-22,25,27-28H2,1H3,(H,41,46)(H,43,44)/t35-,36?,37-/m0/s1. The number of ether oxygens (including phenoxy) is 1. The van der Waals surface area contributed by atoms with Crippen LogP contribution in [0.25, 0.3) is 10.8 Å². The van der Waals surface area contributed by atoms with Gasteiger partial charge < -0.3 is 20.1 Å². The van der Waals surface area contributed by atoms with Crippen molar-refractivity contribution >= 4 is 28.7 Å². The molecule has 5 aromatic rings. The first-order valence-electron chi connectivity index (χ1n) is 15.9. The zero-order valence-electron chi connectivity index (χ0n) is 26.5. The lowest BCUT2D eigenvalue weighted by Gasteiger charge is -2.29. The van der Waals surface area contributed by atoms with E-state index in [9.17, 15) is 19.5 Å². The van der Waals surface area contributed by atoms with Crippen molar-refractivity contribution in [1.82, 2.24) is 10.2 Å². The third-order valence-electron chi connectivity index (χ3n) is 8.47. The smallest absolute Gasteiger partial charge is 0.326 e. The van der Waals surface area contributed by atoms with Gasteiger partial charge in [-0.05, 0) is 52.3 Å². The first kappa shape index (κ1) is 32.9. The quantitative estimate of drug-likeness (QED) is 0.126. The van der Waals surface area contributed by atoms with Crippen molar-refractivity contribution in [1.29, 1.82) is 0 Å². The molecule has 0 aliphatic carbocycles. The Balaban J connectivity index is 1.34. The number of aryl methyl sites for hydroxylation is 1. The number of rotatable bonds is 14. The minimum Gasteiger partial charge on any atom is -0.480 e. The van der Waals surface area contributed by atoms with Crippen molar-refractivity contribution in [3.05, 3.63) is 156 Å². The molecule has 7 nitrogen and oxygen atoms in total. The molecule has 2 N–H and O–H groups in total. The van der Waals surface area contributed by atoms with Gasteiger partial charge in [0.25, 0.3) is 0 Å². The molecule has 7 heteroatoms. The number of nitrogens with zero attached hydrogens (tertiary/aromatic N) is 1. The van der Waals surface area contributed by atoms with Crippen LogP contribution < -0.4 is 5.32 Å². The fourth-order valence-corrected chi connectivity index (χ4v) is 5.84. The van der Waals surface area contributed by atoms with Gasteiger partial charge in [0.05, 0.1) is 5.92 Å². The van der Waals surface area contributed by atoms with Gasteiger partial charge in [0.1, 0.15) is 12.6 Å². The Morgan fingerprint density at radius 1 is 0.723 bits per heavy atom. The predicted molar refractivity (Wildman–Crippen MR) is 184 cm³/mol. The summed E-state index contributed by atoms with van der Waals surface area (Å²) in [7, 11) is 1.58. The summed E-state index contributed by atoms with van der Waals surface area (Å²) in [4.78, 5) is 41.2. The van der Waals surface area contributed by atoms with E-state index in [-0.39, 0.29) is 13.2 Å². The van der Waals surface area contributed by atoms with E-state index in [1.54, 1.807) is 7.05 Å². The van der Waals surface area contributed by atoms with Crippen LogP contribution in [0.15, 0.2) is 133 Å². The maximum absolute atomic E-state index is 13.7. The van der Waals surface area contributed by atoms with Crippen LogP contribution >= 0.6 is 0 Å². The van der Waals surface area contributed by atoms with Crippen molar-refractivity contribution in [2.24, 2.45) is 5.92 Å². The number of fused-ring (bicyclic) bond motifs is 1. The minimum absolute atomic E-state index is 0.0674. The average molecular weight is 629 g/mol. The zero-order valence-corrected chi connectivity index (χ0v) is 26.5. The number of nitrogens with one attached hydrogen (secondary N) is 1. The van der Waals surface area contributed by atoms with Crippen LogP contribution in [0.3, 0.4) is 0 Å². The van der Waals surface area contributed by atoms with Crippen molar-refractivity contribution in [3.63, 3.8) is 0 Å². The predicted octanol–water partition coefficient (Wildman–Crippen LogP) is 7.25. The molecule has 3 atom stereocenters. The van der Waals surface area contributed by atoms with Crippen LogP contribution in [0, 0.1) is 5.92 Å². The molecule has 0 heterocycles. The molecule has 0 bridgehead atoms. The molecule has 0 aliphatic heterocycles. The average Bonchev–Trinajstić information content (AvgIpc) is 3.11. The molecule has 0 aliphatic rings. The van der Waals surface area contributed by atoms with Gasteiger partial charge in [-0.1, -0.05) is 133 Å². The second-order valence-electron chi connectivity index (χ2n) is 11.9. The van der Waals surface area contributed by atoms with Gasteiger partial charge in [0.2, 0.25) is 0 Å². The van der Waals surface area contributed by atoms with Crippen LogP contribution in [0.1, 0.15) is 34.6 Å². The van der Waals surface area contributed by atoms with Crippen LogP contribution in [0.2, 0.25) is 0 Å². The Hall–Kier alpha value is -5.43. The van der Waals surface area contributed by atoms with Crippen LogP contribution in [-0.4, -0.2) is 47.6 Å². The summed E-state index contributed by atoms with van der Waals surface area (Å²) in [6, 6.07) is 41.0. The van der Waals surface area contributed by atoms with Gasteiger partial charge in [-0.15, -0.1) is 0 Å². The number of esters is 1. The molecule has 0 saturated heterocycles. The molecule has 5 aromatic carbocycles. The number of carbonyl (C=O) groups excluding carboxylic acids is 2. The molecule has 2 amide bonds. The molecule has 0 fully saturated rings. The number of hydrogen-bond donors (Lipinski definition) is 2. The van der Waals surface area contributed by atoms with Gasteiger partial charge >= 0.3 is 18.0 Å². The number of aliphatic carboxylic acids is 1. The first-order valence-corrected chi connectivity index (χ1v) is 15.9. The molecule has 47 heavy (non-hydrogen) atoms. The highest BCUT2D eigenvalue weighted by atomic mass is 16.5. The third kappa shape index (κ3) is 9.30. The Morgan fingerprint density at radius 3 is 1.94 bits per heavy atom. The third-order valence-corrected chi connectivity index (χ3v) is 8.47. The van der Waals surface area contributed by atoms with E-state index in [0.29, 0.717) is 19.3 Å². The maximum atomic E-state index is 13.7. The summed E-state index contributed by atoms with van der Waals surface area (Å²) in [5.74, 6) is -2.71. The molecule has 0 radical (unpaired) electrons. The summed E-state index contributed by atoms with van der Waals surface area (Å²) in [5.41, 5.74) is 3.72. The normalized spacial score (nSPS) is 12.9. The molecule has 1 unspecified atom stereocenters. The number of carboxylic acids is 1. The molecule has 0 aromatic heterocycles. The van der Waals surface area contributed by atoms with Crippen LogP contribution in [0.4, 0.5) is 4.79 Å². The minimum atomic E-state index is -1.22. The highest BCUT2D eigenvalue weighted by Crippen LogP contribution is 2.28. The topological polar surface area (TPSA) is 95.9 Å². The summed E-state index contributed by atoms with van der Waals surface area (Å²) in [5, 5.41) is 15.3. The summed E-state index contributed by atoms with van der Waals surface area (Å²) in [6.45, 7) is 0.198. The summed E-state index contributed by atoms with van der Waals surface area (Å²) in [6.07, 6.45) is 1.50. The highest BCUT2D eigenvalue weighted by Gasteiger charge is 2.33. The van der Waals surface area contributed by atoms with E-state index in [1.165, 1.54) is 4.90 Å². The van der Waals surface area contributed by atoms with Crippen LogP contribution in [0.5, 0.6) is 0 Å². The molecule has 5 rings (SSSR count). The fourth-order valence-electron chi connectivity index (χ4n) is 5.84. The first-order chi connectivity index (χ1) is 22.9. The lowest BCUT2D eigenvalue weighted by Crippen LogP contribution is -2.51. The molecule has 240 valence electrons. The van der Waals surface area contributed by atoms with Crippen molar-refractivity contribution in [2.75, 3.05) is 13.6 Å². The van der Waals surface area contributed by atoms with Gasteiger partial charge in [0, 0.05) is 19.5 Å². The lowest BCUT2D eigenvalue weighted by atomic mass is 9.85. The number of carbonyl (C=O) groups is 3. The highest BCUT2D eigenvalue weighted by molar-refractivity contribution is 5.86. The van der Waals surface area contributed by atoms with Gasteiger partial charge in [0.15, 0.2) is 0 Å². The van der Waals surface area contributed by atoms with Crippen LogP contribution in [-0.2, 0) is 33.8 Å². The van der Waals surface area contributed by atoms with Crippen molar-refractivity contribution in [3.8, 4) is 0 Å². The zero-order chi connectivity index (χ0) is 33.0. The summed E-state index contributed by atoms with van der Waals surface area (Å²) < 4.78 is 5.68. The van der Waals surface area contributed by atoms with Crippen molar-refractivity contribution in [2.45, 2.75) is 37.8 Å². The maximum Gasteiger partial charge on any atom is 0.326 e. The molecule has 0 saturated carbocycles. The van der Waals surface area contributed by atoms with E-state index < -0.39 is 35.8 Å². The number of urea groups is 1. The Morgan fingerprint density at radius 2 is 1.30 bits per heavy atom. The van der Waals surface area contributed by atoms with Gasteiger partial charge in [-0.3, -0.25) is 4.79 Å². The van der Waals surface area contributed by atoms with E-state index >= 15 is 0 Å². The SMILES string of the molecule is CN(C[C@H](CCc1ccccc1)C(=O)OCc1ccccc1)C(=O)N[C@H](C(=O)O)C(Cc1ccccc1)c1ccc2ccccc2c1. The molecular weight excluding hydrogens is 588 g/mol.